The highest BCUT2D eigenvalue weighted by Gasteiger charge is 2.46. The summed E-state index contributed by atoms with van der Waals surface area (Å²) in [6.07, 6.45) is 10.2. The maximum Gasteiger partial charge on any atom is 0.309 e. The summed E-state index contributed by atoms with van der Waals surface area (Å²) in [6, 6.07) is -0.659. The predicted molar refractivity (Wildman–Crippen MR) is 239 cm³/mol. The number of hydrogen-bond acceptors (Lipinski definition) is 15. The molecule has 3 heterocycles. The van der Waals surface area contributed by atoms with Gasteiger partial charge in [0.25, 0.3) is 0 Å². The molecule has 16 heteroatoms. The number of fused-ring (bicyclic) bond motifs is 2. The summed E-state index contributed by atoms with van der Waals surface area (Å²) in [5.41, 5.74) is 6.28. The number of aliphatic hydroxyl groups excluding tert-OH is 7. The Hall–Kier alpha value is -3.36. The molecule has 362 valence electrons. The van der Waals surface area contributed by atoms with Gasteiger partial charge in [-0.3, -0.25) is 9.59 Å². The summed E-state index contributed by atoms with van der Waals surface area (Å²) in [7, 11) is 0. The molecule has 0 radical (unpaired) electrons. The lowest BCUT2D eigenvalue weighted by Gasteiger charge is -2.44. The van der Waals surface area contributed by atoms with E-state index in [0.29, 0.717) is 0 Å². The van der Waals surface area contributed by atoms with Crippen molar-refractivity contribution in [1.82, 2.24) is 0 Å². The maximum atomic E-state index is 12.6. The molecule has 0 amide bonds. The van der Waals surface area contributed by atoms with Gasteiger partial charge < -0.3 is 70.6 Å². The number of allylic oxidation sites excluding steroid dienone is 12. The number of carbonyl (C=O) groups is 2. The van der Waals surface area contributed by atoms with Crippen LogP contribution in [-0.4, -0.2) is 143 Å². The van der Waals surface area contributed by atoms with Gasteiger partial charge in [-0.1, -0.05) is 106 Å². The van der Waals surface area contributed by atoms with E-state index in [-0.39, 0.29) is 56.5 Å². The van der Waals surface area contributed by atoms with E-state index in [2.05, 4.69) is 0 Å². The van der Waals surface area contributed by atoms with Crippen molar-refractivity contribution in [3.8, 4) is 0 Å². The van der Waals surface area contributed by atoms with Crippen LogP contribution >= 0.6 is 0 Å². The smallest absolute Gasteiger partial charge is 0.309 e. The highest BCUT2D eigenvalue weighted by atomic mass is 16.7. The van der Waals surface area contributed by atoms with Crippen molar-refractivity contribution < 1.29 is 74.5 Å². The molecule has 0 aromatic heterocycles. The first-order chi connectivity index (χ1) is 30.2. The van der Waals surface area contributed by atoms with E-state index in [1.807, 2.05) is 75.5 Å². The number of rotatable bonds is 3. The summed E-state index contributed by atoms with van der Waals surface area (Å²) in [6.45, 7) is 8.93. The third-order valence-corrected chi connectivity index (χ3v) is 12.5. The van der Waals surface area contributed by atoms with Gasteiger partial charge in [-0.2, -0.15) is 0 Å². The Balaban J connectivity index is 1.83. The number of carboxylic acid groups (broad SMARTS) is 1. The molecule has 16 nitrogen and oxygen atoms in total. The van der Waals surface area contributed by atoms with E-state index >= 15 is 0 Å². The van der Waals surface area contributed by atoms with Gasteiger partial charge >= 0.3 is 11.9 Å². The van der Waals surface area contributed by atoms with Gasteiger partial charge in [0.05, 0.1) is 67.3 Å². The van der Waals surface area contributed by atoms with Crippen molar-refractivity contribution in [1.29, 1.82) is 0 Å². The number of aliphatic hydroxyl groups is 8. The van der Waals surface area contributed by atoms with Crippen LogP contribution in [0.3, 0.4) is 0 Å². The van der Waals surface area contributed by atoms with Crippen LogP contribution in [0.1, 0.15) is 92.4 Å². The van der Waals surface area contributed by atoms with Crippen molar-refractivity contribution in [2.24, 2.45) is 29.4 Å². The molecular weight excluding hydrogens is 831 g/mol. The number of aliphatic carboxylic acids is 1. The third-order valence-electron chi connectivity index (χ3n) is 12.5. The first-order valence-electron chi connectivity index (χ1n) is 22.5. The van der Waals surface area contributed by atoms with Gasteiger partial charge in [0.15, 0.2) is 12.1 Å². The van der Waals surface area contributed by atoms with Crippen LogP contribution in [0, 0.1) is 23.7 Å². The number of carboxylic acids is 1. The summed E-state index contributed by atoms with van der Waals surface area (Å²) < 4.78 is 23.7. The van der Waals surface area contributed by atoms with Gasteiger partial charge in [0.1, 0.15) is 12.2 Å². The molecule has 0 aromatic carbocycles. The van der Waals surface area contributed by atoms with Gasteiger partial charge in [0, 0.05) is 43.6 Å². The quantitative estimate of drug-likeness (QED) is 0.182. The maximum absolute atomic E-state index is 12.6. The van der Waals surface area contributed by atoms with Crippen LogP contribution in [0.15, 0.2) is 85.1 Å². The molecule has 11 N–H and O–H groups in total. The molecule has 0 spiro atoms. The van der Waals surface area contributed by atoms with Crippen LogP contribution in [0.2, 0.25) is 0 Å². The number of carbonyl (C=O) groups excluding carboxylic acids is 1. The second-order valence-electron chi connectivity index (χ2n) is 17.8. The molecule has 0 aromatic rings. The molecule has 18 atom stereocenters. The molecule has 2 bridgehead atoms. The van der Waals surface area contributed by atoms with Crippen molar-refractivity contribution in [3.05, 3.63) is 85.1 Å². The first kappa shape index (κ1) is 55.0. The largest absolute Gasteiger partial charge is 0.481 e. The fourth-order valence-electron chi connectivity index (χ4n) is 8.00. The van der Waals surface area contributed by atoms with E-state index < -0.39 is 122 Å². The SMILES string of the molecule is CC1OC(O[C@H]2/C=C/C=C/C=C/C=C/C=C/C=C/C=C/[C@H](C)[C@@H](O)[C@@H](C)[C@H](C)OC(=O)C[C@H](O)C[C@H](O)CC[C@@H](O)[C@H](O)C[C@H](O)C[C@]3(O)CC[C@@H](C(=O)O)[C@H](C2)O3)C(O)C(N)C1C. The molecule has 0 saturated carbocycles. The van der Waals surface area contributed by atoms with E-state index in [0.717, 1.165) is 0 Å². The Bertz CT molecular complexity index is 1630. The lowest BCUT2D eigenvalue weighted by atomic mass is 9.85. The van der Waals surface area contributed by atoms with Gasteiger partial charge in [-0.25, -0.2) is 0 Å². The molecule has 3 aliphatic heterocycles. The fourth-order valence-corrected chi connectivity index (χ4v) is 8.00. The Morgan fingerprint density at radius 1 is 0.688 bits per heavy atom. The zero-order valence-corrected chi connectivity index (χ0v) is 37.8. The van der Waals surface area contributed by atoms with E-state index in [9.17, 15) is 55.5 Å². The van der Waals surface area contributed by atoms with Crippen LogP contribution in [-0.2, 0) is 28.5 Å². The average molecular weight is 906 g/mol. The molecule has 3 rings (SSSR count). The third kappa shape index (κ3) is 18.5. The highest BCUT2D eigenvalue weighted by Crippen LogP contribution is 2.38. The van der Waals surface area contributed by atoms with Crippen molar-refractivity contribution in [2.45, 2.75) is 178 Å². The van der Waals surface area contributed by atoms with E-state index in [4.69, 9.17) is 24.7 Å². The average Bonchev–Trinajstić information content (AvgIpc) is 3.22. The summed E-state index contributed by atoms with van der Waals surface area (Å²) in [4.78, 5) is 25.1. The molecular formula is C48H75NO15. The fraction of sp³-hybridized carbons (Fsp3) is 0.667. The number of cyclic esters (lactones) is 1. The number of esters is 1. The molecule has 3 aliphatic rings. The Morgan fingerprint density at radius 2 is 1.27 bits per heavy atom. The highest BCUT2D eigenvalue weighted by molar-refractivity contribution is 5.71. The van der Waals surface area contributed by atoms with Crippen molar-refractivity contribution in [2.75, 3.05) is 0 Å². The zero-order chi connectivity index (χ0) is 47.6. The van der Waals surface area contributed by atoms with Crippen LogP contribution in [0.5, 0.6) is 0 Å². The van der Waals surface area contributed by atoms with E-state index in [1.54, 1.807) is 44.2 Å². The van der Waals surface area contributed by atoms with Crippen molar-refractivity contribution >= 4 is 11.9 Å². The lowest BCUT2D eigenvalue weighted by molar-refractivity contribution is -0.292. The Morgan fingerprint density at radius 3 is 1.86 bits per heavy atom. The number of ether oxygens (including phenoxy) is 4. The minimum Gasteiger partial charge on any atom is -0.481 e. The summed E-state index contributed by atoms with van der Waals surface area (Å²) in [5.74, 6) is -5.83. The van der Waals surface area contributed by atoms with Gasteiger partial charge in [-0.15, -0.1) is 0 Å². The molecule has 0 aliphatic carbocycles. The Kier molecular flexibility index (Phi) is 23.5. The standard InChI is InChI=1S/C48H75NO15/c1-29-18-16-14-12-10-8-6-7-9-11-13-15-17-19-37(63-47-45(57)43(49)30(2)32(4)62-47)27-41-38(46(58)59)22-23-48(60,64-41)28-36(52)25-40(54)39(53)21-20-34(50)24-35(51)26-42(55)61-33(5)31(3)44(29)56/h6-19,29-41,43-45,47,50-54,56-57,60H,20-28,49H2,1-5H3,(H,58,59)/b7-6+,10-8+,11-9+,14-12+,15-13+,18-16+,19-17+/t29-,30?,31-,32?,33-,34+,35+,36-,37-,38+,39+,40+,41-,43?,44+,45?,47?,48-/m0/s1. The molecule has 5 unspecified atom stereocenters. The molecule has 64 heavy (non-hydrogen) atoms. The first-order valence-corrected chi connectivity index (χ1v) is 22.5. The monoisotopic (exact) mass is 906 g/mol. The molecule has 2 saturated heterocycles. The van der Waals surface area contributed by atoms with Crippen LogP contribution in [0.4, 0.5) is 0 Å². The Labute approximate surface area is 377 Å². The minimum atomic E-state index is -2.01. The van der Waals surface area contributed by atoms with Gasteiger partial charge in [-0.05, 0) is 45.4 Å². The summed E-state index contributed by atoms with van der Waals surface area (Å²) >= 11 is 0. The van der Waals surface area contributed by atoms with Crippen molar-refractivity contribution in [3.63, 3.8) is 0 Å². The lowest BCUT2D eigenvalue weighted by Crippen LogP contribution is -2.58. The number of hydrogen-bond donors (Lipinski definition) is 10. The van der Waals surface area contributed by atoms with Crippen LogP contribution < -0.4 is 5.73 Å². The minimum absolute atomic E-state index is 0.0183. The summed E-state index contributed by atoms with van der Waals surface area (Å²) in [5, 5.41) is 97.0. The second-order valence-corrected chi connectivity index (χ2v) is 17.8. The zero-order valence-electron chi connectivity index (χ0n) is 37.8. The van der Waals surface area contributed by atoms with E-state index in [1.165, 1.54) is 0 Å². The second kappa shape index (κ2) is 27.3. The molecule has 2 fully saturated rings. The normalized spacial score (nSPS) is 44.8. The topological polar surface area (TPSA) is 279 Å². The predicted octanol–water partition coefficient (Wildman–Crippen LogP) is 3.02. The number of nitrogens with two attached hydrogens (primary N) is 1. The van der Waals surface area contributed by atoms with Gasteiger partial charge in [0.2, 0.25) is 0 Å². The van der Waals surface area contributed by atoms with Crippen LogP contribution in [0.25, 0.3) is 0 Å².